The van der Waals surface area contributed by atoms with Gasteiger partial charge >= 0.3 is 5.97 Å². The Morgan fingerprint density at radius 1 is 1.31 bits per heavy atom. The normalized spacial score (nSPS) is 10.8. The molecule has 0 aliphatic heterocycles. The number of ether oxygens (including phenoxy) is 1. The molecule has 1 amide bonds. The molecule has 7 nitrogen and oxygen atoms in total. The Morgan fingerprint density at radius 3 is 2.72 bits per heavy atom. The quantitative estimate of drug-likeness (QED) is 0.240. The van der Waals surface area contributed by atoms with Crippen molar-refractivity contribution in [2.45, 2.75) is 25.5 Å². The number of methoxy groups -OCH3 is 1. The van der Waals surface area contributed by atoms with Gasteiger partial charge in [-0.15, -0.1) is 28.1 Å². The molecule has 0 saturated heterocycles. The smallest absolute Gasteiger partial charge is 0.341 e. The number of hydrogen-bond acceptors (Lipinski definition) is 7. The molecule has 0 atom stereocenters. The number of carbonyl (C=O) groups is 2. The lowest BCUT2D eigenvalue weighted by atomic mass is 10.1. The molecule has 0 fully saturated rings. The zero-order chi connectivity index (χ0) is 23.4. The van der Waals surface area contributed by atoms with Crippen LogP contribution in [0.15, 0.2) is 36.0 Å². The van der Waals surface area contributed by atoms with Crippen LogP contribution >= 0.6 is 46.3 Å². The van der Waals surface area contributed by atoms with E-state index in [9.17, 15) is 9.59 Å². The predicted molar refractivity (Wildman–Crippen MR) is 130 cm³/mol. The Kier molecular flexibility index (Phi) is 8.00. The summed E-state index contributed by atoms with van der Waals surface area (Å²) in [5, 5.41) is 13.2. The van der Waals surface area contributed by atoms with E-state index in [1.165, 1.54) is 30.2 Å². The standard InChI is InChI=1S/C21H20Cl2N4O3S2/c1-5-8-27-18(14-7-6-13(22)9-15(14)23)25-26-21(27)31-10-16(28)24-19-17(20(29)30-4)11(2)12(3)32-19/h5-7,9H,1,8,10H2,2-4H3,(H,24,28). The van der Waals surface area contributed by atoms with Crippen molar-refractivity contribution < 1.29 is 14.3 Å². The zero-order valence-corrected chi connectivity index (χ0v) is 20.7. The number of anilines is 1. The summed E-state index contributed by atoms with van der Waals surface area (Å²) >= 11 is 14.9. The van der Waals surface area contributed by atoms with Crippen LogP contribution in [0.5, 0.6) is 0 Å². The molecule has 0 aliphatic rings. The average Bonchev–Trinajstić information content (AvgIpc) is 3.26. The van der Waals surface area contributed by atoms with Gasteiger partial charge in [0, 0.05) is 22.0 Å². The molecule has 0 unspecified atom stereocenters. The topological polar surface area (TPSA) is 86.1 Å². The van der Waals surface area contributed by atoms with Gasteiger partial charge in [-0.1, -0.05) is 41.0 Å². The molecule has 0 saturated carbocycles. The van der Waals surface area contributed by atoms with Gasteiger partial charge < -0.3 is 10.1 Å². The van der Waals surface area contributed by atoms with E-state index in [2.05, 4.69) is 22.1 Å². The lowest BCUT2D eigenvalue weighted by Crippen LogP contribution is -2.16. The molecule has 1 N–H and O–H groups in total. The summed E-state index contributed by atoms with van der Waals surface area (Å²) in [6.07, 6.45) is 1.71. The molecule has 3 rings (SSSR count). The molecule has 168 valence electrons. The number of rotatable bonds is 8. The number of esters is 1. The first-order valence-electron chi connectivity index (χ1n) is 9.37. The number of halogens is 2. The third-order valence-electron chi connectivity index (χ3n) is 4.56. The number of nitrogens with one attached hydrogen (secondary N) is 1. The zero-order valence-electron chi connectivity index (χ0n) is 17.6. The first kappa shape index (κ1) is 24.3. The minimum Gasteiger partial charge on any atom is -0.465 e. The van der Waals surface area contributed by atoms with E-state index in [1.807, 2.05) is 18.4 Å². The molecule has 1 aromatic carbocycles. The van der Waals surface area contributed by atoms with Gasteiger partial charge in [0.25, 0.3) is 0 Å². The van der Waals surface area contributed by atoms with Crippen LogP contribution < -0.4 is 5.32 Å². The number of allylic oxidation sites excluding steroid dienone is 1. The van der Waals surface area contributed by atoms with Gasteiger partial charge in [-0.25, -0.2) is 4.79 Å². The Balaban J connectivity index is 1.78. The molecule has 0 spiro atoms. The summed E-state index contributed by atoms with van der Waals surface area (Å²) < 4.78 is 6.67. The highest BCUT2D eigenvalue weighted by Gasteiger charge is 2.22. The highest BCUT2D eigenvalue weighted by molar-refractivity contribution is 7.99. The summed E-state index contributed by atoms with van der Waals surface area (Å²) in [4.78, 5) is 25.7. The van der Waals surface area contributed by atoms with E-state index < -0.39 is 5.97 Å². The summed E-state index contributed by atoms with van der Waals surface area (Å²) in [7, 11) is 1.31. The van der Waals surface area contributed by atoms with Gasteiger partial charge in [-0.2, -0.15) is 0 Å². The van der Waals surface area contributed by atoms with Crippen molar-refractivity contribution >= 4 is 63.2 Å². The van der Waals surface area contributed by atoms with Crippen LogP contribution in [0.2, 0.25) is 10.0 Å². The van der Waals surface area contributed by atoms with Gasteiger partial charge in [0.15, 0.2) is 11.0 Å². The molecule has 3 aromatic rings. The summed E-state index contributed by atoms with van der Waals surface area (Å²) in [5.41, 5.74) is 1.84. The fourth-order valence-corrected chi connectivity index (χ4v) is 5.22. The summed E-state index contributed by atoms with van der Waals surface area (Å²) in [6.45, 7) is 7.92. The average molecular weight is 511 g/mol. The van der Waals surface area contributed by atoms with Gasteiger partial charge in [0.1, 0.15) is 5.00 Å². The predicted octanol–water partition coefficient (Wildman–Crippen LogP) is 5.63. The number of thiophene rings is 1. The molecular formula is C21H20Cl2N4O3S2. The second-order valence-corrected chi connectivity index (χ2v) is 9.66. The van der Waals surface area contributed by atoms with Crippen LogP contribution in [0.4, 0.5) is 5.00 Å². The van der Waals surface area contributed by atoms with Gasteiger partial charge in [-0.3, -0.25) is 9.36 Å². The van der Waals surface area contributed by atoms with Crippen molar-refractivity contribution in [3.8, 4) is 11.4 Å². The number of hydrogen-bond donors (Lipinski definition) is 1. The van der Waals surface area contributed by atoms with Crippen molar-refractivity contribution in [1.29, 1.82) is 0 Å². The maximum Gasteiger partial charge on any atom is 0.341 e. The minimum atomic E-state index is -0.481. The second kappa shape index (κ2) is 10.5. The van der Waals surface area contributed by atoms with E-state index in [-0.39, 0.29) is 11.7 Å². The minimum absolute atomic E-state index is 0.0697. The SMILES string of the molecule is C=CCn1c(SCC(=O)Nc2sc(C)c(C)c2C(=O)OC)nnc1-c1ccc(Cl)cc1Cl. The summed E-state index contributed by atoms with van der Waals surface area (Å²) in [5.74, 6) is -0.141. The molecule has 32 heavy (non-hydrogen) atoms. The van der Waals surface area contributed by atoms with Crippen molar-refractivity contribution in [3.63, 3.8) is 0 Å². The first-order chi connectivity index (χ1) is 15.3. The van der Waals surface area contributed by atoms with E-state index in [0.717, 1.165) is 10.4 Å². The largest absolute Gasteiger partial charge is 0.465 e. The molecule has 11 heteroatoms. The third kappa shape index (κ3) is 5.17. The maximum atomic E-state index is 12.6. The number of benzene rings is 1. The molecule has 0 radical (unpaired) electrons. The van der Waals surface area contributed by atoms with E-state index >= 15 is 0 Å². The number of aryl methyl sites for hydroxylation is 1. The third-order valence-corrected chi connectivity index (χ3v) is 7.20. The van der Waals surface area contributed by atoms with Crippen molar-refractivity contribution in [2.75, 3.05) is 18.2 Å². The van der Waals surface area contributed by atoms with E-state index in [0.29, 0.717) is 43.7 Å². The highest BCUT2D eigenvalue weighted by Crippen LogP contribution is 2.34. The van der Waals surface area contributed by atoms with Crippen molar-refractivity contribution in [2.24, 2.45) is 0 Å². The van der Waals surface area contributed by atoms with Crippen LogP contribution in [0.25, 0.3) is 11.4 Å². The number of carbonyl (C=O) groups excluding carboxylic acids is 2. The summed E-state index contributed by atoms with van der Waals surface area (Å²) in [6, 6.07) is 5.13. The van der Waals surface area contributed by atoms with Crippen molar-refractivity contribution in [1.82, 2.24) is 14.8 Å². The van der Waals surface area contributed by atoms with Gasteiger partial charge in [0.05, 0.1) is 23.4 Å². The Labute approximate surface area is 203 Å². The Bertz CT molecular complexity index is 1190. The first-order valence-corrected chi connectivity index (χ1v) is 11.9. The fourth-order valence-electron chi connectivity index (χ4n) is 2.91. The fraction of sp³-hybridized carbons (Fsp3) is 0.238. The Hall–Kier alpha value is -2.33. The highest BCUT2D eigenvalue weighted by atomic mass is 35.5. The van der Waals surface area contributed by atoms with Crippen molar-refractivity contribution in [3.05, 3.63) is 56.9 Å². The van der Waals surface area contributed by atoms with Crippen LogP contribution in [-0.2, 0) is 16.1 Å². The van der Waals surface area contributed by atoms with Crippen LogP contribution in [0.1, 0.15) is 20.8 Å². The monoisotopic (exact) mass is 510 g/mol. The lowest BCUT2D eigenvalue weighted by molar-refractivity contribution is -0.113. The lowest BCUT2D eigenvalue weighted by Gasteiger charge is -2.09. The molecule has 0 aliphatic carbocycles. The van der Waals surface area contributed by atoms with Crippen LogP contribution in [0.3, 0.4) is 0 Å². The van der Waals surface area contributed by atoms with Gasteiger partial charge in [-0.05, 0) is 37.6 Å². The van der Waals surface area contributed by atoms with E-state index in [1.54, 1.807) is 24.3 Å². The second-order valence-electron chi connectivity index (χ2n) is 6.65. The molecular weight excluding hydrogens is 491 g/mol. The van der Waals surface area contributed by atoms with Crippen LogP contribution in [-0.4, -0.2) is 39.5 Å². The number of thioether (sulfide) groups is 1. The molecule has 2 aromatic heterocycles. The number of amides is 1. The molecule has 2 heterocycles. The Morgan fingerprint density at radius 2 is 2.06 bits per heavy atom. The number of aromatic nitrogens is 3. The maximum absolute atomic E-state index is 12.6. The van der Waals surface area contributed by atoms with Crippen LogP contribution in [0, 0.1) is 13.8 Å². The number of nitrogens with zero attached hydrogens (tertiary/aromatic N) is 3. The van der Waals surface area contributed by atoms with E-state index in [4.69, 9.17) is 27.9 Å². The van der Waals surface area contributed by atoms with Gasteiger partial charge in [0.2, 0.25) is 5.91 Å². The molecule has 0 bridgehead atoms.